The zero-order valence-corrected chi connectivity index (χ0v) is 9.10. The lowest BCUT2D eigenvalue weighted by atomic mass is 10.3. The summed E-state index contributed by atoms with van der Waals surface area (Å²) in [7, 11) is 0. The summed E-state index contributed by atoms with van der Waals surface area (Å²) in [5.74, 6) is 0.590. The predicted molar refractivity (Wildman–Crippen MR) is 56.3 cm³/mol. The van der Waals surface area contributed by atoms with E-state index in [0.29, 0.717) is 5.92 Å². The van der Waals surface area contributed by atoms with E-state index in [9.17, 15) is 4.79 Å². The number of allylic oxidation sites excluding steroid dienone is 1. The molecule has 2 aliphatic carbocycles. The Morgan fingerprint density at radius 2 is 2.43 bits per heavy atom. The summed E-state index contributed by atoms with van der Waals surface area (Å²) in [6.07, 6.45) is 4.97. The third-order valence-corrected chi connectivity index (χ3v) is 3.59. The van der Waals surface area contributed by atoms with Crippen LogP contribution in [0.3, 0.4) is 0 Å². The highest BCUT2D eigenvalue weighted by molar-refractivity contribution is 7.93. The van der Waals surface area contributed by atoms with Gasteiger partial charge in [-0.1, -0.05) is 6.08 Å². The summed E-state index contributed by atoms with van der Waals surface area (Å²) >= 11 is 1.08. The molecule has 3 nitrogen and oxygen atoms in total. The van der Waals surface area contributed by atoms with E-state index in [1.54, 1.807) is 0 Å². The van der Waals surface area contributed by atoms with Gasteiger partial charge in [-0.3, -0.25) is 13.7 Å². The maximum atomic E-state index is 11.4. The third kappa shape index (κ3) is 2.30. The molecule has 14 heavy (non-hydrogen) atoms. The molecule has 0 spiro atoms. The number of carbonyl (C=O) groups is 1. The van der Waals surface area contributed by atoms with Crippen LogP contribution in [-0.4, -0.2) is 11.5 Å². The van der Waals surface area contributed by atoms with Gasteiger partial charge >= 0.3 is 0 Å². The molecule has 0 radical (unpaired) electrons. The van der Waals surface area contributed by atoms with E-state index in [1.165, 1.54) is 0 Å². The molecule has 2 aliphatic rings. The fourth-order valence-corrected chi connectivity index (χ4v) is 1.92. The first-order valence-corrected chi connectivity index (χ1v) is 5.66. The van der Waals surface area contributed by atoms with Crippen LogP contribution in [0.25, 0.3) is 0 Å². The average molecular weight is 213 g/mol. The Bertz CT molecular complexity index is 263. The number of nitrogens with one attached hydrogen (secondary N) is 1. The number of rotatable bonds is 5. The molecule has 0 aromatic heterocycles. The van der Waals surface area contributed by atoms with Crippen molar-refractivity contribution in [3.05, 3.63) is 12.7 Å². The van der Waals surface area contributed by atoms with E-state index in [1.807, 2.05) is 6.08 Å². The molecule has 2 saturated carbocycles. The van der Waals surface area contributed by atoms with Crippen LogP contribution in [0.2, 0.25) is 0 Å². The maximum absolute atomic E-state index is 11.4. The van der Waals surface area contributed by atoms with Gasteiger partial charge in [-0.05, 0) is 32.1 Å². The first-order valence-electron chi connectivity index (χ1n) is 4.92. The van der Waals surface area contributed by atoms with Gasteiger partial charge in [-0.15, -0.1) is 6.58 Å². The summed E-state index contributed by atoms with van der Waals surface area (Å²) in [5, 5.41) is 0. The lowest BCUT2D eigenvalue weighted by molar-refractivity contribution is -0.120. The van der Waals surface area contributed by atoms with Crippen LogP contribution in [0.5, 0.6) is 0 Å². The zero-order valence-electron chi connectivity index (χ0n) is 8.29. The van der Waals surface area contributed by atoms with Crippen LogP contribution in [-0.2, 0) is 8.98 Å². The second kappa shape index (κ2) is 3.59. The highest BCUT2D eigenvalue weighted by atomic mass is 32.2. The molecule has 0 bridgehead atoms. The van der Waals surface area contributed by atoms with E-state index in [4.69, 9.17) is 4.18 Å². The van der Waals surface area contributed by atoms with Gasteiger partial charge in [0.25, 0.3) is 0 Å². The quantitative estimate of drug-likeness (QED) is 0.431. The Balaban J connectivity index is 1.61. The molecule has 1 amide bonds. The number of carbonyl (C=O) groups excluding carboxylic acids is 1. The smallest absolute Gasteiger partial charge is 0.235 e. The molecule has 1 N–H and O–H groups in total. The Hall–Kier alpha value is -0.480. The van der Waals surface area contributed by atoms with Gasteiger partial charge in [-0.2, -0.15) is 0 Å². The van der Waals surface area contributed by atoms with Gasteiger partial charge < -0.3 is 0 Å². The van der Waals surface area contributed by atoms with Crippen molar-refractivity contribution in [1.29, 1.82) is 0 Å². The van der Waals surface area contributed by atoms with Crippen molar-refractivity contribution < 1.29 is 8.98 Å². The van der Waals surface area contributed by atoms with Crippen LogP contribution < -0.4 is 4.72 Å². The topological polar surface area (TPSA) is 38.3 Å². The van der Waals surface area contributed by atoms with E-state index < -0.39 is 0 Å². The fraction of sp³-hybridized carbons (Fsp3) is 0.700. The standard InChI is InChI=1S/C10H15NO2S/c1-3-7-6-8(7)9(12)11-14-13-10(2)4-5-10/h3,7-8H,1,4-6H2,2H3,(H,11,12)/t7?,8-/m0/s1. The Morgan fingerprint density at radius 1 is 1.71 bits per heavy atom. The van der Waals surface area contributed by atoms with Crippen LogP contribution in [0.15, 0.2) is 12.7 Å². The SMILES string of the molecule is C=CC1C[C@@H]1C(=O)NSOC1(C)CC1. The average Bonchev–Trinajstić information content (AvgIpc) is 3.01. The lowest BCUT2D eigenvalue weighted by Crippen LogP contribution is -2.20. The van der Waals surface area contributed by atoms with E-state index >= 15 is 0 Å². The van der Waals surface area contributed by atoms with E-state index in [0.717, 1.165) is 31.5 Å². The Labute approximate surface area is 88.6 Å². The van der Waals surface area contributed by atoms with Gasteiger partial charge in [0.05, 0.1) is 5.60 Å². The summed E-state index contributed by atoms with van der Waals surface area (Å²) in [5.41, 5.74) is 0.0132. The lowest BCUT2D eigenvalue weighted by Gasteiger charge is -2.08. The van der Waals surface area contributed by atoms with E-state index in [-0.39, 0.29) is 17.4 Å². The van der Waals surface area contributed by atoms with Gasteiger partial charge in [-0.25, -0.2) is 0 Å². The molecule has 0 aromatic carbocycles. The molecule has 0 aromatic rings. The molecule has 2 rings (SSSR count). The van der Waals surface area contributed by atoms with Crippen LogP contribution in [0.4, 0.5) is 0 Å². The largest absolute Gasteiger partial charge is 0.290 e. The Morgan fingerprint density at radius 3 is 2.93 bits per heavy atom. The summed E-state index contributed by atoms with van der Waals surface area (Å²) < 4.78 is 8.13. The van der Waals surface area contributed by atoms with Gasteiger partial charge in [0.15, 0.2) is 0 Å². The molecule has 2 atom stereocenters. The van der Waals surface area contributed by atoms with Crippen molar-refractivity contribution in [2.24, 2.45) is 11.8 Å². The molecular weight excluding hydrogens is 198 g/mol. The summed E-state index contributed by atoms with van der Waals surface area (Å²) in [6.45, 7) is 5.72. The molecule has 0 heterocycles. The number of hydrogen-bond donors (Lipinski definition) is 1. The van der Waals surface area contributed by atoms with Gasteiger partial charge in [0, 0.05) is 5.92 Å². The second-order valence-electron chi connectivity index (χ2n) is 4.32. The zero-order chi connectivity index (χ0) is 10.2. The minimum Gasteiger partial charge on any atom is -0.290 e. The van der Waals surface area contributed by atoms with E-state index in [2.05, 4.69) is 18.2 Å². The third-order valence-electron chi connectivity index (χ3n) is 2.82. The molecule has 0 aliphatic heterocycles. The molecule has 2 fully saturated rings. The second-order valence-corrected chi connectivity index (χ2v) is 4.86. The highest BCUT2D eigenvalue weighted by Crippen LogP contribution is 2.42. The normalized spacial score (nSPS) is 32.1. The summed E-state index contributed by atoms with van der Waals surface area (Å²) in [6, 6.07) is 0. The van der Waals surface area contributed by atoms with Crippen molar-refractivity contribution in [2.75, 3.05) is 0 Å². The molecule has 78 valence electrons. The van der Waals surface area contributed by atoms with Gasteiger partial charge in [0.2, 0.25) is 5.91 Å². The molecule has 4 heteroatoms. The van der Waals surface area contributed by atoms with Crippen molar-refractivity contribution in [3.8, 4) is 0 Å². The Kier molecular flexibility index (Phi) is 2.58. The molecular formula is C10H15NO2S. The fourth-order valence-electron chi connectivity index (χ4n) is 1.27. The predicted octanol–water partition coefficient (Wildman–Crippen LogP) is 2.06. The molecule has 1 unspecified atom stereocenters. The van der Waals surface area contributed by atoms with Crippen LogP contribution in [0, 0.1) is 11.8 Å². The number of hydrogen-bond acceptors (Lipinski definition) is 3. The first-order chi connectivity index (χ1) is 6.64. The minimum atomic E-state index is 0.0132. The number of amides is 1. The van der Waals surface area contributed by atoms with Gasteiger partial charge in [0.1, 0.15) is 12.2 Å². The van der Waals surface area contributed by atoms with Crippen molar-refractivity contribution >= 4 is 18.1 Å². The van der Waals surface area contributed by atoms with Crippen LogP contribution >= 0.6 is 12.2 Å². The summed E-state index contributed by atoms with van der Waals surface area (Å²) in [4.78, 5) is 11.4. The molecule has 0 saturated heterocycles. The minimum absolute atomic E-state index is 0.0132. The van der Waals surface area contributed by atoms with Crippen molar-refractivity contribution in [3.63, 3.8) is 0 Å². The van der Waals surface area contributed by atoms with Crippen LogP contribution in [0.1, 0.15) is 26.2 Å². The monoisotopic (exact) mass is 213 g/mol. The first kappa shape index (κ1) is 10.1. The highest BCUT2D eigenvalue weighted by Gasteiger charge is 2.42. The maximum Gasteiger partial charge on any atom is 0.235 e. The van der Waals surface area contributed by atoms with Crippen molar-refractivity contribution in [2.45, 2.75) is 31.8 Å². The van der Waals surface area contributed by atoms with Crippen molar-refractivity contribution in [1.82, 2.24) is 4.72 Å².